The summed E-state index contributed by atoms with van der Waals surface area (Å²) >= 11 is 9.17. The molecule has 0 aromatic heterocycles. The molecule has 6 nitrogen and oxygen atoms in total. The van der Waals surface area contributed by atoms with E-state index in [2.05, 4.69) is 21.2 Å². The number of carbonyl (C=O) groups is 1. The molecule has 0 radical (unpaired) electrons. The highest BCUT2D eigenvalue weighted by atomic mass is 79.9. The monoisotopic (exact) mass is 370 g/mol. The van der Waals surface area contributed by atoms with Crippen molar-refractivity contribution < 1.29 is 14.8 Å². The van der Waals surface area contributed by atoms with E-state index in [1.165, 1.54) is 6.07 Å². The number of hydrogen-bond acceptors (Lipinski definition) is 4. The number of non-ortho nitro benzene ring substituents is 1. The minimum Gasteiger partial charge on any atom is -0.506 e. The molecule has 8 heteroatoms. The highest BCUT2D eigenvalue weighted by molar-refractivity contribution is 9.10. The number of rotatable bonds is 3. The van der Waals surface area contributed by atoms with Crippen LogP contribution in [0.25, 0.3) is 0 Å². The van der Waals surface area contributed by atoms with Gasteiger partial charge in [0.25, 0.3) is 11.6 Å². The zero-order chi connectivity index (χ0) is 15.6. The standard InChI is InChI=1S/C13H8BrClN2O4/c14-7-1-3-9(10(15)5-7)13(19)16-11-6-8(17(20)21)2-4-12(11)18/h1-6,18H,(H,16,19). The maximum absolute atomic E-state index is 12.1. The molecular weight excluding hydrogens is 364 g/mol. The molecule has 0 aliphatic heterocycles. The SMILES string of the molecule is O=C(Nc1cc([N+](=O)[O-])ccc1O)c1ccc(Br)cc1Cl. The Kier molecular flexibility index (Phi) is 4.44. The third-order valence-corrected chi connectivity index (χ3v) is 3.42. The van der Waals surface area contributed by atoms with Crippen LogP contribution in [0.3, 0.4) is 0 Å². The molecule has 0 atom stereocenters. The Morgan fingerprint density at radius 1 is 1.29 bits per heavy atom. The minimum absolute atomic E-state index is 0.0619. The molecule has 2 rings (SSSR count). The number of nitrogens with one attached hydrogen (secondary N) is 1. The van der Waals surface area contributed by atoms with Gasteiger partial charge in [0, 0.05) is 16.6 Å². The van der Waals surface area contributed by atoms with Crippen LogP contribution in [-0.2, 0) is 0 Å². The van der Waals surface area contributed by atoms with E-state index in [9.17, 15) is 20.0 Å². The molecule has 0 heterocycles. The molecule has 0 spiro atoms. The smallest absolute Gasteiger partial charge is 0.271 e. The fraction of sp³-hybridized carbons (Fsp3) is 0. The van der Waals surface area contributed by atoms with Gasteiger partial charge in [-0.05, 0) is 24.3 Å². The number of carbonyl (C=O) groups excluding carboxylic acids is 1. The lowest BCUT2D eigenvalue weighted by Gasteiger charge is -2.08. The minimum atomic E-state index is -0.623. The van der Waals surface area contributed by atoms with Crippen LogP contribution in [0.2, 0.25) is 5.02 Å². The number of amides is 1. The van der Waals surface area contributed by atoms with Gasteiger partial charge in [0.05, 0.1) is 21.2 Å². The molecule has 21 heavy (non-hydrogen) atoms. The zero-order valence-corrected chi connectivity index (χ0v) is 12.7. The van der Waals surface area contributed by atoms with Gasteiger partial charge in [-0.2, -0.15) is 0 Å². The van der Waals surface area contributed by atoms with Crippen LogP contribution in [0.15, 0.2) is 40.9 Å². The molecule has 108 valence electrons. The van der Waals surface area contributed by atoms with Crippen LogP contribution >= 0.6 is 27.5 Å². The van der Waals surface area contributed by atoms with Gasteiger partial charge in [-0.3, -0.25) is 14.9 Å². The molecule has 0 unspecified atom stereocenters. The first-order valence-electron chi connectivity index (χ1n) is 5.62. The molecule has 0 aliphatic rings. The quantitative estimate of drug-likeness (QED) is 0.485. The maximum Gasteiger partial charge on any atom is 0.271 e. The van der Waals surface area contributed by atoms with E-state index in [4.69, 9.17) is 11.6 Å². The lowest BCUT2D eigenvalue weighted by atomic mass is 10.2. The van der Waals surface area contributed by atoms with E-state index in [1.807, 2.05) is 0 Å². The van der Waals surface area contributed by atoms with Gasteiger partial charge >= 0.3 is 0 Å². The van der Waals surface area contributed by atoms with Gasteiger partial charge in [-0.15, -0.1) is 0 Å². The lowest BCUT2D eigenvalue weighted by molar-refractivity contribution is -0.384. The summed E-state index contributed by atoms with van der Waals surface area (Å²) in [5.41, 5.74) is -0.121. The molecule has 2 aromatic carbocycles. The van der Waals surface area contributed by atoms with Gasteiger partial charge in [0.15, 0.2) is 0 Å². The van der Waals surface area contributed by atoms with Crippen molar-refractivity contribution in [1.82, 2.24) is 0 Å². The number of anilines is 1. The van der Waals surface area contributed by atoms with Crippen molar-refractivity contribution in [3.05, 3.63) is 61.6 Å². The van der Waals surface area contributed by atoms with E-state index in [1.54, 1.807) is 12.1 Å². The summed E-state index contributed by atoms with van der Waals surface area (Å²) in [7, 11) is 0. The molecule has 2 N–H and O–H groups in total. The number of nitro benzene ring substituents is 1. The summed E-state index contributed by atoms with van der Waals surface area (Å²) in [5, 5.41) is 22.9. The van der Waals surface area contributed by atoms with Gasteiger partial charge in [-0.25, -0.2) is 0 Å². The highest BCUT2D eigenvalue weighted by Gasteiger charge is 2.15. The number of halogens is 2. The Balaban J connectivity index is 2.31. The van der Waals surface area contributed by atoms with E-state index in [0.29, 0.717) is 4.47 Å². The summed E-state index contributed by atoms with van der Waals surface area (Å²) in [6.07, 6.45) is 0. The van der Waals surface area contributed by atoms with Crippen LogP contribution in [0.4, 0.5) is 11.4 Å². The topological polar surface area (TPSA) is 92.5 Å². The van der Waals surface area contributed by atoms with Crippen molar-refractivity contribution in [3.63, 3.8) is 0 Å². The second kappa shape index (κ2) is 6.11. The Morgan fingerprint density at radius 2 is 2.00 bits per heavy atom. The van der Waals surface area contributed by atoms with Crippen LogP contribution in [-0.4, -0.2) is 15.9 Å². The van der Waals surface area contributed by atoms with E-state index >= 15 is 0 Å². The van der Waals surface area contributed by atoms with Crippen molar-refractivity contribution in [1.29, 1.82) is 0 Å². The number of nitrogens with zero attached hydrogens (tertiary/aromatic N) is 1. The van der Waals surface area contributed by atoms with Gasteiger partial charge in [0.1, 0.15) is 5.75 Å². The third-order valence-electron chi connectivity index (χ3n) is 2.61. The average molecular weight is 372 g/mol. The Bertz CT molecular complexity index is 736. The third kappa shape index (κ3) is 3.50. The van der Waals surface area contributed by atoms with E-state index < -0.39 is 10.8 Å². The first-order valence-corrected chi connectivity index (χ1v) is 6.79. The predicted molar refractivity (Wildman–Crippen MR) is 81.9 cm³/mol. The average Bonchev–Trinajstić information content (AvgIpc) is 2.40. The van der Waals surface area contributed by atoms with Crippen molar-refractivity contribution in [3.8, 4) is 5.75 Å². The van der Waals surface area contributed by atoms with E-state index in [-0.39, 0.29) is 27.7 Å². The van der Waals surface area contributed by atoms with Crippen LogP contribution in [0, 0.1) is 10.1 Å². The number of aromatic hydroxyl groups is 1. The second-order valence-corrected chi connectivity index (χ2v) is 5.36. The van der Waals surface area contributed by atoms with Gasteiger partial charge in [0.2, 0.25) is 0 Å². The summed E-state index contributed by atoms with van der Waals surface area (Å²) in [5.74, 6) is -0.856. The van der Waals surface area contributed by atoms with Crippen molar-refractivity contribution in [2.24, 2.45) is 0 Å². The zero-order valence-electron chi connectivity index (χ0n) is 10.3. The van der Waals surface area contributed by atoms with Crippen molar-refractivity contribution in [2.45, 2.75) is 0 Å². The molecule has 1 amide bonds. The number of benzene rings is 2. The fourth-order valence-corrected chi connectivity index (χ4v) is 2.36. The van der Waals surface area contributed by atoms with Crippen LogP contribution in [0.5, 0.6) is 5.75 Å². The molecule has 0 aliphatic carbocycles. The molecule has 0 fully saturated rings. The fourth-order valence-electron chi connectivity index (χ4n) is 1.60. The number of nitro groups is 1. The summed E-state index contributed by atoms with van der Waals surface area (Å²) in [6, 6.07) is 8.02. The molecule has 0 saturated carbocycles. The Morgan fingerprint density at radius 3 is 2.62 bits per heavy atom. The van der Waals surface area contributed by atoms with Gasteiger partial charge in [-0.1, -0.05) is 27.5 Å². The molecule has 0 saturated heterocycles. The summed E-state index contributed by atoms with van der Waals surface area (Å²) < 4.78 is 0.710. The summed E-state index contributed by atoms with van der Waals surface area (Å²) in [4.78, 5) is 22.2. The van der Waals surface area contributed by atoms with E-state index in [0.717, 1.165) is 18.2 Å². The maximum atomic E-state index is 12.1. The number of phenolic OH excluding ortho intramolecular Hbond substituents is 1. The molecular formula is C13H8BrClN2O4. The largest absolute Gasteiger partial charge is 0.506 e. The molecule has 0 bridgehead atoms. The van der Waals surface area contributed by atoms with Crippen molar-refractivity contribution >= 4 is 44.8 Å². The summed E-state index contributed by atoms with van der Waals surface area (Å²) in [6.45, 7) is 0. The second-order valence-electron chi connectivity index (χ2n) is 4.04. The van der Waals surface area contributed by atoms with Crippen molar-refractivity contribution in [2.75, 3.05) is 5.32 Å². The molecule has 2 aromatic rings. The first kappa shape index (κ1) is 15.3. The van der Waals surface area contributed by atoms with Gasteiger partial charge < -0.3 is 10.4 Å². The predicted octanol–water partition coefficient (Wildman–Crippen LogP) is 3.97. The number of phenols is 1. The van der Waals surface area contributed by atoms with Crippen LogP contribution < -0.4 is 5.32 Å². The number of hydrogen-bond donors (Lipinski definition) is 2. The lowest BCUT2D eigenvalue weighted by Crippen LogP contribution is -2.12. The Hall–Kier alpha value is -2.12. The normalized spacial score (nSPS) is 10.2. The van der Waals surface area contributed by atoms with Crippen LogP contribution in [0.1, 0.15) is 10.4 Å². The Labute approximate surface area is 132 Å². The first-order chi connectivity index (χ1) is 9.88. The highest BCUT2D eigenvalue weighted by Crippen LogP contribution is 2.29.